The highest BCUT2D eigenvalue weighted by molar-refractivity contribution is 6.93. The number of rotatable bonds is 12. The molecule has 1 saturated heterocycles. The standard InChI is InChI=1S/C16H44N4O4Si4/c1-25(2)21-26(3,4)23-28(15-7-11-19,16-8-12-20)24-27(22-25,13-5-9-17)14-6-10-18/h5-20H2,1-4H3. The Hall–Kier alpha value is 0.548. The van der Waals surface area contributed by atoms with Crippen LogP contribution in [0.3, 0.4) is 0 Å². The van der Waals surface area contributed by atoms with Gasteiger partial charge in [0.2, 0.25) is 0 Å². The predicted molar refractivity (Wildman–Crippen MR) is 125 cm³/mol. The molecule has 8 N–H and O–H groups in total. The van der Waals surface area contributed by atoms with E-state index in [0.29, 0.717) is 26.2 Å². The van der Waals surface area contributed by atoms with E-state index in [1.54, 1.807) is 0 Å². The lowest BCUT2D eigenvalue weighted by Gasteiger charge is -2.51. The molecule has 168 valence electrons. The molecule has 0 radical (unpaired) electrons. The summed E-state index contributed by atoms with van der Waals surface area (Å²) in [6.45, 7) is 10.9. The van der Waals surface area contributed by atoms with Crippen LogP contribution >= 0.6 is 0 Å². The Morgan fingerprint density at radius 2 is 0.750 bits per heavy atom. The molecule has 0 aromatic carbocycles. The van der Waals surface area contributed by atoms with Crippen molar-refractivity contribution in [3.63, 3.8) is 0 Å². The fourth-order valence-corrected chi connectivity index (χ4v) is 27.6. The zero-order chi connectivity index (χ0) is 21.3. The van der Waals surface area contributed by atoms with Crippen molar-refractivity contribution in [1.29, 1.82) is 0 Å². The van der Waals surface area contributed by atoms with Gasteiger partial charge in [0.15, 0.2) is 0 Å². The van der Waals surface area contributed by atoms with Gasteiger partial charge >= 0.3 is 34.2 Å². The molecule has 12 heteroatoms. The van der Waals surface area contributed by atoms with Crippen molar-refractivity contribution in [2.45, 2.75) is 76.0 Å². The van der Waals surface area contributed by atoms with Gasteiger partial charge in [-0.05, 0) is 102 Å². The first-order chi connectivity index (χ1) is 13.1. The van der Waals surface area contributed by atoms with E-state index in [2.05, 4.69) is 26.2 Å². The Balaban J connectivity index is 3.36. The molecule has 0 aliphatic carbocycles. The van der Waals surface area contributed by atoms with Crippen molar-refractivity contribution in [1.82, 2.24) is 0 Å². The molecule has 0 spiro atoms. The molecule has 1 aliphatic rings. The average molecular weight is 469 g/mol. The van der Waals surface area contributed by atoms with Crippen LogP contribution in [0.15, 0.2) is 0 Å². The first-order valence-electron chi connectivity index (χ1n) is 10.7. The third-order valence-electron chi connectivity index (χ3n) is 4.77. The highest BCUT2D eigenvalue weighted by atomic mass is 28.5. The molecular weight excluding hydrogens is 425 g/mol. The lowest BCUT2D eigenvalue weighted by Crippen LogP contribution is -2.67. The molecule has 1 aliphatic heterocycles. The van der Waals surface area contributed by atoms with Gasteiger partial charge in [0.25, 0.3) is 0 Å². The predicted octanol–water partition coefficient (Wildman–Crippen LogP) is 1.75. The summed E-state index contributed by atoms with van der Waals surface area (Å²) in [5.41, 5.74) is 23.4. The zero-order valence-corrected chi connectivity index (χ0v) is 22.4. The van der Waals surface area contributed by atoms with Crippen LogP contribution in [0.2, 0.25) is 50.4 Å². The summed E-state index contributed by atoms with van der Waals surface area (Å²) in [6.07, 6.45) is 3.50. The van der Waals surface area contributed by atoms with Gasteiger partial charge in [-0.1, -0.05) is 0 Å². The van der Waals surface area contributed by atoms with E-state index in [4.69, 9.17) is 39.4 Å². The molecule has 0 aromatic rings. The molecule has 0 saturated carbocycles. The van der Waals surface area contributed by atoms with Gasteiger partial charge in [-0.25, -0.2) is 0 Å². The van der Waals surface area contributed by atoms with E-state index >= 15 is 0 Å². The number of nitrogens with two attached hydrogens (primary N) is 4. The van der Waals surface area contributed by atoms with Crippen molar-refractivity contribution >= 4 is 34.2 Å². The molecule has 28 heavy (non-hydrogen) atoms. The Labute approximate surface area is 176 Å². The average Bonchev–Trinajstić information content (AvgIpc) is 2.58. The highest BCUT2D eigenvalue weighted by Gasteiger charge is 2.56. The summed E-state index contributed by atoms with van der Waals surface area (Å²) >= 11 is 0. The summed E-state index contributed by atoms with van der Waals surface area (Å²) < 4.78 is 27.5. The molecule has 0 unspecified atom stereocenters. The van der Waals surface area contributed by atoms with Crippen LogP contribution in [0, 0.1) is 0 Å². The van der Waals surface area contributed by atoms with Crippen molar-refractivity contribution in [3.8, 4) is 0 Å². The molecule has 1 heterocycles. The van der Waals surface area contributed by atoms with Crippen LogP contribution in [-0.4, -0.2) is 60.4 Å². The van der Waals surface area contributed by atoms with Gasteiger partial charge in [-0.2, -0.15) is 0 Å². The SMILES string of the molecule is C[Si]1(C)O[Si](C)(C)O[Si](CCCN)(CCCN)O[Si](CCCN)(CCCN)O1. The topological polar surface area (TPSA) is 141 Å². The quantitative estimate of drug-likeness (QED) is 0.317. The van der Waals surface area contributed by atoms with Crippen molar-refractivity contribution in [2.75, 3.05) is 26.2 Å². The van der Waals surface area contributed by atoms with E-state index in [1.165, 1.54) is 0 Å². The van der Waals surface area contributed by atoms with E-state index in [1.807, 2.05) is 0 Å². The number of hydrogen-bond donors (Lipinski definition) is 4. The summed E-state index contributed by atoms with van der Waals surface area (Å²) in [5, 5.41) is 0. The zero-order valence-electron chi connectivity index (χ0n) is 18.4. The molecular formula is C16H44N4O4Si4. The maximum absolute atomic E-state index is 7.15. The van der Waals surface area contributed by atoms with Gasteiger partial charge < -0.3 is 39.4 Å². The molecule has 1 rings (SSSR count). The Morgan fingerprint density at radius 3 is 1.00 bits per heavy atom. The molecule has 0 atom stereocenters. The smallest absolute Gasteiger partial charge is 0.320 e. The molecule has 0 aromatic heterocycles. The van der Waals surface area contributed by atoms with E-state index < -0.39 is 34.2 Å². The van der Waals surface area contributed by atoms with Crippen LogP contribution in [0.4, 0.5) is 0 Å². The van der Waals surface area contributed by atoms with Gasteiger partial charge in [-0.15, -0.1) is 0 Å². The van der Waals surface area contributed by atoms with Crippen LogP contribution < -0.4 is 22.9 Å². The molecule has 1 fully saturated rings. The minimum atomic E-state index is -2.59. The lowest BCUT2D eigenvalue weighted by molar-refractivity contribution is 0.220. The Bertz CT molecular complexity index is 406. The van der Waals surface area contributed by atoms with E-state index in [0.717, 1.165) is 49.9 Å². The van der Waals surface area contributed by atoms with Crippen LogP contribution in [0.1, 0.15) is 25.7 Å². The van der Waals surface area contributed by atoms with Crippen LogP contribution in [0.25, 0.3) is 0 Å². The fraction of sp³-hybridized carbons (Fsp3) is 1.00. The van der Waals surface area contributed by atoms with Crippen molar-refractivity contribution in [2.24, 2.45) is 22.9 Å². The minimum Gasteiger partial charge on any atom is -0.416 e. The van der Waals surface area contributed by atoms with E-state index in [9.17, 15) is 0 Å². The minimum absolute atomic E-state index is 0.619. The maximum atomic E-state index is 7.15. The maximum Gasteiger partial charge on any atom is 0.320 e. The van der Waals surface area contributed by atoms with Gasteiger partial charge in [0, 0.05) is 0 Å². The lowest BCUT2D eigenvalue weighted by atomic mass is 10.5. The van der Waals surface area contributed by atoms with Gasteiger partial charge in [0.1, 0.15) is 0 Å². The second-order valence-corrected chi connectivity index (χ2v) is 23.1. The van der Waals surface area contributed by atoms with Crippen molar-refractivity contribution in [3.05, 3.63) is 0 Å². The largest absolute Gasteiger partial charge is 0.416 e. The fourth-order valence-electron chi connectivity index (χ4n) is 4.05. The third kappa shape index (κ3) is 8.73. The summed E-state index contributed by atoms with van der Waals surface area (Å²) in [4.78, 5) is 0. The van der Waals surface area contributed by atoms with Crippen LogP contribution in [-0.2, 0) is 16.5 Å². The molecule has 0 bridgehead atoms. The van der Waals surface area contributed by atoms with Crippen molar-refractivity contribution < 1.29 is 16.5 Å². The first-order valence-corrected chi connectivity index (χ1v) is 20.8. The third-order valence-corrected chi connectivity index (χ3v) is 23.1. The van der Waals surface area contributed by atoms with Gasteiger partial charge in [0.05, 0.1) is 0 Å². The monoisotopic (exact) mass is 468 g/mol. The number of hydrogen-bond acceptors (Lipinski definition) is 8. The van der Waals surface area contributed by atoms with Crippen LogP contribution in [0.5, 0.6) is 0 Å². The first kappa shape index (κ1) is 26.6. The highest BCUT2D eigenvalue weighted by Crippen LogP contribution is 2.39. The summed E-state index contributed by atoms with van der Waals surface area (Å²) in [7, 11) is -9.98. The summed E-state index contributed by atoms with van der Waals surface area (Å²) in [5.74, 6) is 0. The van der Waals surface area contributed by atoms with E-state index in [-0.39, 0.29) is 0 Å². The molecule has 0 amide bonds. The Kier molecular flexibility index (Phi) is 11.2. The Morgan fingerprint density at radius 1 is 0.464 bits per heavy atom. The summed E-state index contributed by atoms with van der Waals surface area (Å²) in [6, 6.07) is 3.42. The normalized spacial score (nSPS) is 23.1. The van der Waals surface area contributed by atoms with Gasteiger partial charge in [-0.3, -0.25) is 0 Å². The molecule has 8 nitrogen and oxygen atoms in total. The second-order valence-electron chi connectivity index (χ2n) is 8.60. The second kappa shape index (κ2) is 11.8.